The fourth-order valence-electron chi connectivity index (χ4n) is 2.59. The lowest BCUT2D eigenvalue weighted by Gasteiger charge is -2.05. The number of benzene rings is 2. The van der Waals surface area contributed by atoms with E-state index in [9.17, 15) is 4.79 Å². The van der Waals surface area contributed by atoms with Crippen molar-refractivity contribution in [3.05, 3.63) is 59.3 Å². The van der Waals surface area contributed by atoms with Crippen molar-refractivity contribution in [3.63, 3.8) is 0 Å². The summed E-state index contributed by atoms with van der Waals surface area (Å²) in [6, 6.07) is 13.5. The van der Waals surface area contributed by atoms with Crippen LogP contribution in [0.1, 0.15) is 21.6 Å². The molecule has 0 fully saturated rings. The van der Waals surface area contributed by atoms with Crippen LogP contribution in [0, 0.1) is 13.8 Å². The van der Waals surface area contributed by atoms with Crippen molar-refractivity contribution in [3.8, 4) is 5.75 Å². The summed E-state index contributed by atoms with van der Waals surface area (Å²) in [5.74, 6) is 0.623. The standard InChI is InChI=1S/C18H18N2O2/c1-11-5-4-6-13(9-11)19-18(21)17-12(2)15-8-7-14(22-3)10-16(15)20-17/h4-10,20H,1-3H3,(H,19,21). The van der Waals surface area contributed by atoms with Gasteiger partial charge in [-0.25, -0.2) is 0 Å². The zero-order valence-electron chi connectivity index (χ0n) is 12.9. The maximum atomic E-state index is 12.5. The Labute approximate surface area is 129 Å². The number of aromatic nitrogens is 1. The van der Waals surface area contributed by atoms with Crippen LogP contribution in [0.4, 0.5) is 5.69 Å². The van der Waals surface area contributed by atoms with Crippen molar-refractivity contribution < 1.29 is 9.53 Å². The predicted octanol–water partition coefficient (Wildman–Crippen LogP) is 4.05. The first-order valence-corrected chi connectivity index (χ1v) is 7.13. The quantitative estimate of drug-likeness (QED) is 0.765. The number of hydrogen-bond acceptors (Lipinski definition) is 2. The molecule has 1 aromatic heterocycles. The van der Waals surface area contributed by atoms with E-state index in [-0.39, 0.29) is 5.91 Å². The summed E-state index contributed by atoms with van der Waals surface area (Å²) < 4.78 is 5.22. The SMILES string of the molecule is COc1ccc2c(C)c(C(=O)Nc3cccc(C)c3)[nH]c2c1. The molecular weight excluding hydrogens is 276 g/mol. The van der Waals surface area contributed by atoms with Gasteiger partial charge in [0.05, 0.1) is 7.11 Å². The molecule has 3 rings (SSSR count). The molecule has 0 aliphatic heterocycles. The van der Waals surface area contributed by atoms with Crippen molar-refractivity contribution in [2.24, 2.45) is 0 Å². The lowest BCUT2D eigenvalue weighted by molar-refractivity contribution is 0.102. The number of carbonyl (C=O) groups is 1. The Morgan fingerprint density at radius 3 is 2.68 bits per heavy atom. The van der Waals surface area contributed by atoms with Gasteiger partial charge >= 0.3 is 0 Å². The molecule has 3 aromatic rings. The molecule has 1 heterocycles. The van der Waals surface area contributed by atoms with Gasteiger partial charge in [-0.3, -0.25) is 4.79 Å². The molecule has 0 aliphatic carbocycles. The van der Waals surface area contributed by atoms with Gasteiger partial charge in [-0.15, -0.1) is 0 Å². The van der Waals surface area contributed by atoms with Crippen LogP contribution in [-0.4, -0.2) is 18.0 Å². The Morgan fingerprint density at radius 1 is 1.14 bits per heavy atom. The first-order valence-electron chi connectivity index (χ1n) is 7.13. The van der Waals surface area contributed by atoms with E-state index in [4.69, 9.17) is 4.74 Å². The first kappa shape index (κ1) is 14.2. The van der Waals surface area contributed by atoms with E-state index < -0.39 is 0 Å². The first-order chi connectivity index (χ1) is 10.6. The molecule has 0 spiro atoms. The summed E-state index contributed by atoms with van der Waals surface area (Å²) in [7, 11) is 1.63. The molecule has 0 unspecified atom stereocenters. The van der Waals surface area contributed by atoms with E-state index in [1.54, 1.807) is 7.11 Å². The number of fused-ring (bicyclic) bond motifs is 1. The summed E-state index contributed by atoms with van der Waals surface area (Å²) >= 11 is 0. The molecule has 4 heteroatoms. The van der Waals surface area contributed by atoms with Gasteiger partial charge in [0.25, 0.3) is 5.91 Å². The van der Waals surface area contributed by atoms with Gasteiger partial charge in [-0.2, -0.15) is 0 Å². The Hall–Kier alpha value is -2.75. The average molecular weight is 294 g/mol. The Bertz CT molecular complexity index is 849. The fraction of sp³-hybridized carbons (Fsp3) is 0.167. The second-order valence-corrected chi connectivity index (χ2v) is 5.36. The molecule has 0 saturated heterocycles. The normalized spacial score (nSPS) is 10.7. The van der Waals surface area contributed by atoms with E-state index in [0.29, 0.717) is 5.69 Å². The molecule has 0 atom stereocenters. The van der Waals surface area contributed by atoms with Crippen LogP contribution in [0.25, 0.3) is 10.9 Å². The van der Waals surface area contributed by atoms with E-state index in [0.717, 1.165) is 33.5 Å². The third kappa shape index (κ3) is 2.55. The fourth-order valence-corrected chi connectivity index (χ4v) is 2.59. The molecule has 2 N–H and O–H groups in total. The highest BCUT2D eigenvalue weighted by molar-refractivity contribution is 6.08. The monoisotopic (exact) mass is 294 g/mol. The number of aromatic amines is 1. The van der Waals surface area contributed by atoms with Gasteiger partial charge in [0.2, 0.25) is 0 Å². The summed E-state index contributed by atoms with van der Waals surface area (Å²) in [5, 5.41) is 3.95. The lowest BCUT2D eigenvalue weighted by atomic mass is 10.1. The lowest BCUT2D eigenvalue weighted by Crippen LogP contribution is -2.13. The van der Waals surface area contributed by atoms with E-state index in [1.165, 1.54) is 0 Å². The van der Waals surface area contributed by atoms with E-state index in [1.807, 2.05) is 56.3 Å². The molecule has 0 aliphatic rings. The van der Waals surface area contributed by atoms with Gasteiger partial charge in [-0.1, -0.05) is 12.1 Å². The number of rotatable bonds is 3. The van der Waals surface area contributed by atoms with Crippen molar-refractivity contribution in [1.29, 1.82) is 0 Å². The minimum atomic E-state index is -0.140. The Morgan fingerprint density at radius 2 is 1.95 bits per heavy atom. The molecule has 0 bridgehead atoms. The van der Waals surface area contributed by atoms with Crippen molar-refractivity contribution in [2.45, 2.75) is 13.8 Å². The highest BCUT2D eigenvalue weighted by Gasteiger charge is 2.15. The number of H-pyrrole nitrogens is 1. The van der Waals surface area contributed by atoms with Crippen LogP contribution >= 0.6 is 0 Å². The van der Waals surface area contributed by atoms with Crippen LogP contribution in [0.15, 0.2) is 42.5 Å². The number of nitrogens with one attached hydrogen (secondary N) is 2. The van der Waals surface area contributed by atoms with Gasteiger partial charge in [0, 0.05) is 22.7 Å². The largest absolute Gasteiger partial charge is 0.497 e. The third-order valence-corrected chi connectivity index (χ3v) is 3.77. The van der Waals surface area contributed by atoms with Crippen molar-refractivity contribution >= 4 is 22.5 Å². The summed E-state index contributed by atoms with van der Waals surface area (Å²) in [6.07, 6.45) is 0. The number of methoxy groups -OCH3 is 1. The maximum absolute atomic E-state index is 12.5. The van der Waals surface area contributed by atoms with Crippen LogP contribution in [0.5, 0.6) is 5.75 Å². The van der Waals surface area contributed by atoms with Crippen LogP contribution < -0.4 is 10.1 Å². The highest BCUT2D eigenvalue weighted by atomic mass is 16.5. The number of carbonyl (C=O) groups excluding carboxylic acids is 1. The number of anilines is 1. The maximum Gasteiger partial charge on any atom is 0.272 e. The zero-order valence-corrected chi connectivity index (χ0v) is 12.9. The summed E-state index contributed by atoms with van der Waals surface area (Å²) in [5.41, 5.74) is 4.30. The number of hydrogen-bond donors (Lipinski definition) is 2. The molecule has 22 heavy (non-hydrogen) atoms. The van der Waals surface area contributed by atoms with Gasteiger partial charge in [-0.05, 0) is 49.2 Å². The number of ether oxygens (including phenoxy) is 1. The van der Waals surface area contributed by atoms with Gasteiger partial charge < -0.3 is 15.0 Å². The van der Waals surface area contributed by atoms with Gasteiger partial charge in [0.15, 0.2) is 0 Å². The molecule has 0 radical (unpaired) electrons. The van der Waals surface area contributed by atoms with Gasteiger partial charge in [0.1, 0.15) is 11.4 Å². The predicted molar refractivity (Wildman–Crippen MR) is 88.7 cm³/mol. The summed E-state index contributed by atoms with van der Waals surface area (Å²) in [4.78, 5) is 15.7. The summed E-state index contributed by atoms with van der Waals surface area (Å²) in [6.45, 7) is 3.94. The van der Waals surface area contributed by atoms with Crippen molar-refractivity contribution in [1.82, 2.24) is 4.98 Å². The number of amides is 1. The van der Waals surface area contributed by atoms with Crippen LogP contribution in [0.2, 0.25) is 0 Å². The zero-order chi connectivity index (χ0) is 15.7. The topological polar surface area (TPSA) is 54.1 Å². The Balaban J connectivity index is 1.95. The third-order valence-electron chi connectivity index (χ3n) is 3.77. The molecule has 0 saturated carbocycles. The molecule has 4 nitrogen and oxygen atoms in total. The Kier molecular flexibility index (Phi) is 3.59. The minimum absolute atomic E-state index is 0.140. The van der Waals surface area contributed by atoms with E-state index >= 15 is 0 Å². The van der Waals surface area contributed by atoms with Crippen molar-refractivity contribution in [2.75, 3.05) is 12.4 Å². The highest BCUT2D eigenvalue weighted by Crippen LogP contribution is 2.26. The average Bonchev–Trinajstić information content (AvgIpc) is 2.84. The minimum Gasteiger partial charge on any atom is -0.497 e. The molecule has 112 valence electrons. The molecule has 1 amide bonds. The van der Waals surface area contributed by atoms with Crippen LogP contribution in [0.3, 0.4) is 0 Å². The molecular formula is C18H18N2O2. The number of aryl methyl sites for hydroxylation is 2. The second kappa shape index (κ2) is 5.56. The molecule has 2 aromatic carbocycles. The van der Waals surface area contributed by atoms with Crippen LogP contribution in [-0.2, 0) is 0 Å². The second-order valence-electron chi connectivity index (χ2n) is 5.36. The smallest absolute Gasteiger partial charge is 0.272 e. The van der Waals surface area contributed by atoms with E-state index in [2.05, 4.69) is 10.3 Å².